The fourth-order valence-electron chi connectivity index (χ4n) is 2.64. The lowest BCUT2D eigenvalue weighted by Gasteiger charge is -2.30. The van der Waals surface area contributed by atoms with Gasteiger partial charge in [-0.1, -0.05) is 30.3 Å². The molecule has 5 nitrogen and oxygen atoms in total. The van der Waals surface area contributed by atoms with E-state index in [2.05, 4.69) is 0 Å². The smallest absolute Gasteiger partial charge is 0.320 e. The number of nitrogens with zero attached hydrogens (tertiary/aromatic N) is 1. The van der Waals surface area contributed by atoms with Gasteiger partial charge in [-0.2, -0.15) is 0 Å². The van der Waals surface area contributed by atoms with Crippen molar-refractivity contribution in [3.05, 3.63) is 71.0 Å². The largest absolute Gasteiger partial charge is 0.480 e. The van der Waals surface area contributed by atoms with Crippen LogP contribution in [0.4, 0.5) is 4.39 Å². The summed E-state index contributed by atoms with van der Waals surface area (Å²) in [5.41, 5.74) is 0.934. The number of benzene rings is 2. The molecule has 2 aromatic rings. The number of fused-ring (bicyclic) bond motifs is 1. The third-order valence-corrected chi connectivity index (χ3v) is 3.76. The van der Waals surface area contributed by atoms with E-state index in [1.54, 1.807) is 12.1 Å². The average Bonchev–Trinajstić information content (AvgIpc) is 2.53. The molecule has 116 valence electrons. The Bertz CT molecular complexity index is 800. The molecule has 2 aromatic carbocycles. The summed E-state index contributed by atoms with van der Waals surface area (Å²) in [5, 5.41) is 9.35. The highest BCUT2D eigenvalue weighted by Crippen LogP contribution is 2.30. The zero-order valence-corrected chi connectivity index (χ0v) is 11.9. The summed E-state index contributed by atoms with van der Waals surface area (Å²) in [6.07, 6.45) is 0. The number of carbonyl (C=O) groups excluding carboxylic acids is 2. The number of imide groups is 1. The topological polar surface area (TPSA) is 74.7 Å². The lowest BCUT2D eigenvalue weighted by molar-refractivity contribution is -0.146. The molecule has 0 saturated heterocycles. The number of hydrogen-bond donors (Lipinski definition) is 1. The van der Waals surface area contributed by atoms with Crippen LogP contribution >= 0.6 is 0 Å². The zero-order chi connectivity index (χ0) is 16.6. The summed E-state index contributed by atoms with van der Waals surface area (Å²) in [6, 6.07) is 11.5. The molecule has 1 unspecified atom stereocenters. The Labute approximate surface area is 131 Å². The first-order valence-corrected chi connectivity index (χ1v) is 6.91. The summed E-state index contributed by atoms with van der Waals surface area (Å²) in [4.78, 5) is 37.3. The molecule has 2 amide bonds. The van der Waals surface area contributed by atoms with Crippen molar-refractivity contribution < 1.29 is 23.9 Å². The van der Waals surface area contributed by atoms with Crippen molar-refractivity contribution in [1.29, 1.82) is 0 Å². The molecule has 0 radical (unpaired) electrons. The average molecular weight is 313 g/mol. The minimum Gasteiger partial charge on any atom is -0.480 e. The first-order valence-electron chi connectivity index (χ1n) is 6.91. The van der Waals surface area contributed by atoms with Gasteiger partial charge in [-0.3, -0.25) is 19.3 Å². The van der Waals surface area contributed by atoms with E-state index in [0.29, 0.717) is 5.56 Å². The van der Waals surface area contributed by atoms with Gasteiger partial charge in [0.1, 0.15) is 5.82 Å². The normalized spacial score (nSPS) is 17.1. The predicted molar refractivity (Wildman–Crippen MR) is 78.1 cm³/mol. The Hall–Kier alpha value is -3.02. The predicted octanol–water partition coefficient (Wildman–Crippen LogP) is 2.18. The first kappa shape index (κ1) is 14.9. The molecule has 1 aliphatic heterocycles. The van der Waals surface area contributed by atoms with Gasteiger partial charge >= 0.3 is 5.97 Å². The summed E-state index contributed by atoms with van der Waals surface area (Å²) in [6.45, 7) is -0.101. The van der Waals surface area contributed by atoms with Gasteiger partial charge in [0, 0.05) is 5.56 Å². The number of carboxylic acid groups (broad SMARTS) is 1. The Morgan fingerprint density at radius 2 is 1.74 bits per heavy atom. The van der Waals surface area contributed by atoms with Crippen molar-refractivity contribution in [2.45, 2.75) is 12.5 Å². The van der Waals surface area contributed by atoms with E-state index in [1.165, 1.54) is 36.4 Å². The second-order valence-electron chi connectivity index (χ2n) is 5.21. The fourth-order valence-corrected chi connectivity index (χ4v) is 2.64. The molecular formula is C17H12FNO4. The van der Waals surface area contributed by atoms with Crippen LogP contribution in [0, 0.1) is 5.82 Å². The fraction of sp³-hybridized carbons (Fsp3) is 0.118. The number of carbonyl (C=O) groups is 3. The summed E-state index contributed by atoms with van der Waals surface area (Å²) in [5.74, 6) is -4.49. The molecule has 1 aliphatic rings. The monoisotopic (exact) mass is 313 g/mol. The van der Waals surface area contributed by atoms with Gasteiger partial charge in [0.25, 0.3) is 5.91 Å². The number of aliphatic carboxylic acids is 1. The van der Waals surface area contributed by atoms with Gasteiger partial charge in [0.05, 0.1) is 6.54 Å². The van der Waals surface area contributed by atoms with Crippen LogP contribution in [0.15, 0.2) is 48.5 Å². The SMILES string of the molecule is O=C(O)C1C(=O)N(Cc2ccc(F)cc2)C(=O)c2ccccc21. The quantitative estimate of drug-likeness (QED) is 0.696. The summed E-state index contributed by atoms with van der Waals surface area (Å²) < 4.78 is 13.0. The molecule has 23 heavy (non-hydrogen) atoms. The van der Waals surface area contributed by atoms with E-state index < -0.39 is 29.5 Å². The molecule has 1 N–H and O–H groups in total. The molecule has 1 atom stereocenters. The van der Waals surface area contributed by atoms with Crippen LogP contribution in [-0.4, -0.2) is 27.8 Å². The van der Waals surface area contributed by atoms with Crippen LogP contribution in [0.3, 0.4) is 0 Å². The first-order chi connectivity index (χ1) is 11.0. The minimum absolute atomic E-state index is 0.101. The van der Waals surface area contributed by atoms with E-state index in [0.717, 1.165) is 4.90 Å². The van der Waals surface area contributed by atoms with Crippen LogP contribution in [0.1, 0.15) is 27.4 Å². The van der Waals surface area contributed by atoms with Crippen LogP contribution in [-0.2, 0) is 16.1 Å². The van der Waals surface area contributed by atoms with E-state index in [-0.39, 0.29) is 17.7 Å². The molecule has 0 bridgehead atoms. The molecule has 0 aliphatic carbocycles. The standard InChI is InChI=1S/C17H12FNO4/c18-11-7-5-10(6-8-11)9-19-15(20)13-4-2-1-3-12(13)14(16(19)21)17(22)23/h1-8,14H,9H2,(H,22,23). The zero-order valence-electron chi connectivity index (χ0n) is 11.9. The maximum Gasteiger partial charge on any atom is 0.320 e. The van der Waals surface area contributed by atoms with Crippen molar-refractivity contribution in [2.24, 2.45) is 0 Å². The van der Waals surface area contributed by atoms with Gasteiger partial charge < -0.3 is 5.11 Å². The molecular weight excluding hydrogens is 301 g/mol. The second-order valence-corrected chi connectivity index (χ2v) is 5.21. The van der Waals surface area contributed by atoms with Gasteiger partial charge in [0.15, 0.2) is 5.92 Å². The molecule has 0 spiro atoms. The molecule has 0 fully saturated rings. The number of halogens is 1. The van der Waals surface area contributed by atoms with Crippen molar-refractivity contribution in [2.75, 3.05) is 0 Å². The Morgan fingerprint density at radius 3 is 2.39 bits per heavy atom. The highest BCUT2D eigenvalue weighted by molar-refractivity contribution is 6.17. The Morgan fingerprint density at radius 1 is 1.09 bits per heavy atom. The molecule has 1 heterocycles. The maximum atomic E-state index is 13.0. The van der Waals surface area contributed by atoms with Crippen molar-refractivity contribution in [1.82, 2.24) is 4.90 Å². The van der Waals surface area contributed by atoms with Crippen molar-refractivity contribution in [3.63, 3.8) is 0 Å². The van der Waals surface area contributed by atoms with Crippen LogP contribution in [0.5, 0.6) is 0 Å². The summed E-state index contributed by atoms with van der Waals surface area (Å²) >= 11 is 0. The molecule has 3 rings (SSSR count). The second kappa shape index (κ2) is 5.64. The van der Waals surface area contributed by atoms with Gasteiger partial charge in [0.2, 0.25) is 5.91 Å². The lowest BCUT2D eigenvalue weighted by Crippen LogP contribution is -2.46. The van der Waals surface area contributed by atoms with Crippen molar-refractivity contribution in [3.8, 4) is 0 Å². The highest BCUT2D eigenvalue weighted by Gasteiger charge is 2.42. The summed E-state index contributed by atoms with van der Waals surface area (Å²) in [7, 11) is 0. The van der Waals surface area contributed by atoms with Gasteiger partial charge in [-0.05, 0) is 29.3 Å². The number of carboxylic acids is 1. The Kier molecular flexibility index (Phi) is 3.65. The third-order valence-electron chi connectivity index (χ3n) is 3.76. The van der Waals surface area contributed by atoms with Crippen LogP contribution < -0.4 is 0 Å². The number of amides is 2. The highest BCUT2D eigenvalue weighted by atomic mass is 19.1. The number of rotatable bonds is 3. The maximum absolute atomic E-state index is 13.0. The molecule has 0 aromatic heterocycles. The van der Waals surface area contributed by atoms with Gasteiger partial charge in [-0.15, -0.1) is 0 Å². The molecule has 6 heteroatoms. The van der Waals surface area contributed by atoms with Crippen LogP contribution in [0.2, 0.25) is 0 Å². The van der Waals surface area contributed by atoms with E-state index in [4.69, 9.17) is 0 Å². The van der Waals surface area contributed by atoms with Gasteiger partial charge in [-0.25, -0.2) is 4.39 Å². The van der Waals surface area contributed by atoms with E-state index in [1.807, 2.05) is 0 Å². The van der Waals surface area contributed by atoms with E-state index >= 15 is 0 Å². The van der Waals surface area contributed by atoms with Crippen molar-refractivity contribution >= 4 is 17.8 Å². The Balaban J connectivity index is 2.01. The van der Waals surface area contributed by atoms with E-state index in [9.17, 15) is 23.9 Å². The van der Waals surface area contributed by atoms with Crippen LogP contribution in [0.25, 0.3) is 0 Å². The molecule has 0 saturated carbocycles. The third kappa shape index (κ3) is 2.59. The minimum atomic E-state index is -1.41. The lowest BCUT2D eigenvalue weighted by atomic mass is 9.88. The number of hydrogen-bond acceptors (Lipinski definition) is 3.